The average molecular weight is 446 g/mol. The van der Waals surface area contributed by atoms with Crippen LogP contribution in [0.4, 0.5) is 5.69 Å². The highest BCUT2D eigenvalue weighted by atomic mass is 32.1. The van der Waals surface area contributed by atoms with E-state index in [0.29, 0.717) is 28.5 Å². The fraction of sp³-hybridized carbons (Fsp3) is 0.318. The van der Waals surface area contributed by atoms with Crippen molar-refractivity contribution >= 4 is 34.8 Å². The fourth-order valence-corrected chi connectivity index (χ4v) is 2.94. The van der Waals surface area contributed by atoms with Gasteiger partial charge in [-0.2, -0.15) is 0 Å². The van der Waals surface area contributed by atoms with Gasteiger partial charge in [-0.05, 0) is 49.8 Å². The van der Waals surface area contributed by atoms with Crippen LogP contribution in [-0.2, 0) is 0 Å². The lowest BCUT2D eigenvalue weighted by Gasteiger charge is -2.16. The van der Waals surface area contributed by atoms with Crippen molar-refractivity contribution in [2.75, 3.05) is 26.6 Å². The topological polar surface area (TPSA) is 97.9 Å². The van der Waals surface area contributed by atoms with E-state index in [4.69, 9.17) is 26.4 Å². The highest BCUT2D eigenvalue weighted by Crippen LogP contribution is 2.38. The molecule has 0 aliphatic heterocycles. The SMILES string of the molecule is CCC(C)NC(=O)c1ccccc1NC(=S)NC(=O)c1cc(OC)c(OC)c(OC)c1. The Balaban J connectivity index is 2.17. The van der Waals surface area contributed by atoms with Gasteiger partial charge in [0.1, 0.15) is 0 Å². The Labute approximate surface area is 187 Å². The van der Waals surface area contributed by atoms with Crippen molar-refractivity contribution in [1.29, 1.82) is 0 Å². The van der Waals surface area contributed by atoms with Gasteiger partial charge in [0.2, 0.25) is 5.75 Å². The largest absolute Gasteiger partial charge is 0.493 e. The van der Waals surface area contributed by atoms with Crippen LogP contribution in [0.2, 0.25) is 0 Å². The van der Waals surface area contributed by atoms with Gasteiger partial charge in [-0.1, -0.05) is 19.1 Å². The van der Waals surface area contributed by atoms with Crippen molar-refractivity contribution in [3.63, 3.8) is 0 Å². The molecular formula is C22H27N3O5S. The van der Waals surface area contributed by atoms with Gasteiger partial charge in [0.05, 0.1) is 32.6 Å². The Bertz CT molecular complexity index is 939. The van der Waals surface area contributed by atoms with Crippen LogP contribution in [0, 0.1) is 0 Å². The molecular weight excluding hydrogens is 418 g/mol. The van der Waals surface area contributed by atoms with Gasteiger partial charge in [-0.15, -0.1) is 0 Å². The molecule has 1 unspecified atom stereocenters. The number of ether oxygens (including phenoxy) is 3. The van der Waals surface area contributed by atoms with Crippen molar-refractivity contribution in [1.82, 2.24) is 10.6 Å². The van der Waals surface area contributed by atoms with E-state index >= 15 is 0 Å². The van der Waals surface area contributed by atoms with Gasteiger partial charge in [0.15, 0.2) is 16.6 Å². The monoisotopic (exact) mass is 445 g/mol. The average Bonchev–Trinajstić information content (AvgIpc) is 2.77. The van der Waals surface area contributed by atoms with E-state index in [9.17, 15) is 9.59 Å². The Hall–Kier alpha value is -3.33. The summed E-state index contributed by atoms with van der Waals surface area (Å²) in [4.78, 5) is 25.3. The number of methoxy groups -OCH3 is 3. The lowest BCUT2D eigenvalue weighted by Crippen LogP contribution is -2.36. The second-order valence-corrected chi connectivity index (χ2v) is 7.06. The first-order valence-electron chi connectivity index (χ1n) is 9.66. The number of anilines is 1. The first-order valence-corrected chi connectivity index (χ1v) is 10.1. The minimum Gasteiger partial charge on any atom is -0.493 e. The molecule has 0 aliphatic carbocycles. The molecule has 166 valence electrons. The number of para-hydroxylation sites is 1. The van der Waals surface area contributed by atoms with Crippen molar-refractivity contribution in [3.05, 3.63) is 47.5 Å². The van der Waals surface area contributed by atoms with Gasteiger partial charge < -0.3 is 24.8 Å². The predicted molar refractivity (Wildman–Crippen MR) is 123 cm³/mol. The number of hydrogen-bond donors (Lipinski definition) is 3. The summed E-state index contributed by atoms with van der Waals surface area (Å²) in [5.41, 5.74) is 1.17. The Kier molecular flexibility index (Phi) is 8.63. The lowest BCUT2D eigenvalue weighted by atomic mass is 10.1. The summed E-state index contributed by atoms with van der Waals surface area (Å²) in [6, 6.07) is 10.00. The van der Waals surface area contributed by atoms with Gasteiger partial charge >= 0.3 is 0 Å². The van der Waals surface area contributed by atoms with Gasteiger partial charge in [0.25, 0.3) is 11.8 Å². The molecule has 31 heavy (non-hydrogen) atoms. The normalized spacial score (nSPS) is 11.1. The molecule has 0 radical (unpaired) electrons. The van der Waals surface area contributed by atoms with E-state index in [2.05, 4.69) is 16.0 Å². The molecule has 0 bridgehead atoms. The Morgan fingerprint density at radius 1 is 1.00 bits per heavy atom. The second-order valence-electron chi connectivity index (χ2n) is 6.65. The smallest absolute Gasteiger partial charge is 0.257 e. The van der Waals surface area contributed by atoms with Crippen molar-refractivity contribution in [2.24, 2.45) is 0 Å². The number of amides is 2. The zero-order chi connectivity index (χ0) is 23.0. The molecule has 0 fully saturated rings. The fourth-order valence-electron chi connectivity index (χ4n) is 2.73. The van der Waals surface area contributed by atoms with E-state index in [1.807, 2.05) is 13.8 Å². The molecule has 0 saturated carbocycles. The van der Waals surface area contributed by atoms with Crippen LogP contribution in [0.3, 0.4) is 0 Å². The zero-order valence-corrected chi connectivity index (χ0v) is 19.0. The molecule has 0 heterocycles. The summed E-state index contributed by atoms with van der Waals surface area (Å²) >= 11 is 5.28. The maximum absolute atomic E-state index is 12.7. The number of nitrogens with one attached hydrogen (secondary N) is 3. The number of carbonyl (C=O) groups is 2. The van der Waals surface area contributed by atoms with E-state index in [1.54, 1.807) is 24.3 Å². The molecule has 2 aromatic carbocycles. The first-order chi connectivity index (χ1) is 14.8. The van der Waals surface area contributed by atoms with E-state index in [1.165, 1.54) is 33.5 Å². The second kappa shape index (κ2) is 11.2. The Morgan fingerprint density at radius 2 is 1.61 bits per heavy atom. The summed E-state index contributed by atoms with van der Waals surface area (Å²) in [5.74, 6) is 0.369. The number of carbonyl (C=O) groups excluding carboxylic acids is 2. The zero-order valence-electron chi connectivity index (χ0n) is 18.2. The summed E-state index contributed by atoms with van der Waals surface area (Å²) < 4.78 is 15.8. The van der Waals surface area contributed by atoms with E-state index in [-0.39, 0.29) is 22.6 Å². The van der Waals surface area contributed by atoms with Crippen LogP contribution >= 0.6 is 12.2 Å². The standard InChI is InChI=1S/C22H27N3O5S/c1-6-13(2)23-21(27)15-9-7-8-10-16(15)24-22(31)25-20(26)14-11-17(28-3)19(30-5)18(12-14)29-4/h7-13H,6H2,1-5H3,(H,23,27)(H2,24,25,26,31). The van der Waals surface area contributed by atoms with Crippen molar-refractivity contribution < 1.29 is 23.8 Å². The molecule has 1 atom stereocenters. The van der Waals surface area contributed by atoms with Crippen LogP contribution in [-0.4, -0.2) is 44.3 Å². The molecule has 0 aliphatic rings. The summed E-state index contributed by atoms with van der Waals surface area (Å²) in [6.45, 7) is 3.92. The summed E-state index contributed by atoms with van der Waals surface area (Å²) in [7, 11) is 4.41. The summed E-state index contributed by atoms with van der Waals surface area (Å²) in [5, 5.41) is 8.47. The minimum atomic E-state index is -0.474. The molecule has 2 rings (SSSR count). The van der Waals surface area contributed by atoms with Crippen molar-refractivity contribution in [3.8, 4) is 17.2 Å². The highest BCUT2D eigenvalue weighted by molar-refractivity contribution is 7.80. The molecule has 3 N–H and O–H groups in total. The molecule has 2 amide bonds. The van der Waals surface area contributed by atoms with Gasteiger partial charge in [0, 0.05) is 11.6 Å². The third-order valence-corrected chi connectivity index (χ3v) is 4.77. The molecule has 2 aromatic rings. The number of hydrogen-bond acceptors (Lipinski definition) is 6. The van der Waals surface area contributed by atoms with Crippen molar-refractivity contribution in [2.45, 2.75) is 26.3 Å². The number of rotatable bonds is 8. The van der Waals surface area contributed by atoms with Crippen LogP contribution in [0.15, 0.2) is 36.4 Å². The van der Waals surface area contributed by atoms with E-state index in [0.717, 1.165) is 6.42 Å². The lowest BCUT2D eigenvalue weighted by molar-refractivity contribution is 0.0938. The molecule has 0 spiro atoms. The summed E-state index contributed by atoms with van der Waals surface area (Å²) in [6.07, 6.45) is 0.810. The van der Waals surface area contributed by atoms with Gasteiger partial charge in [-0.3, -0.25) is 14.9 Å². The third-order valence-electron chi connectivity index (χ3n) is 4.56. The van der Waals surface area contributed by atoms with Gasteiger partial charge in [-0.25, -0.2) is 0 Å². The van der Waals surface area contributed by atoms with Crippen LogP contribution in [0.1, 0.15) is 41.0 Å². The quantitative estimate of drug-likeness (QED) is 0.536. The van der Waals surface area contributed by atoms with E-state index < -0.39 is 5.91 Å². The maximum atomic E-state index is 12.7. The maximum Gasteiger partial charge on any atom is 0.257 e. The first kappa shape index (κ1) is 23.9. The van der Waals surface area contributed by atoms with Crippen LogP contribution < -0.4 is 30.2 Å². The molecule has 9 heteroatoms. The molecule has 0 saturated heterocycles. The third kappa shape index (κ3) is 6.08. The number of benzene rings is 2. The Morgan fingerprint density at radius 3 is 2.16 bits per heavy atom. The minimum absolute atomic E-state index is 0.0345. The van der Waals surface area contributed by atoms with Crippen LogP contribution in [0.25, 0.3) is 0 Å². The highest BCUT2D eigenvalue weighted by Gasteiger charge is 2.19. The molecule has 8 nitrogen and oxygen atoms in total. The van der Waals surface area contributed by atoms with Crippen LogP contribution in [0.5, 0.6) is 17.2 Å². The number of thiocarbonyl (C=S) groups is 1. The molecule has 0 aromatic heterocycles. The predicted octanol–water partition coefficient (Wildman–Crippen LogP) is 3.37.